The third kappa shape index (κ3) is 4.94. The van der Waals surface area contributed by atoms with Crippen LogP contribution in [0, 0.1) is 5.92 Å². The lowest BCUT2D eigenvalue weighted by Crippen LogP contribution is -2.24. The molecule has 0 radical (unpaired) electrons. The second-order valence-corrected chi connectivity index (χ2v) is 6.37. The van der Waals surface area contributed by atoms with Crippen molar-refractivity contribution in [2.24, 2.45) is 5.92 Å². The van der Waals surface area contributed by atoms with Crippen molar-refractivity contribution in [3.63, 3.8) is 0 Å². The van der Waals surface area contributed by atoms with Gasteiger partial charge in [-0.15, -0.1) is 35.0 Å². The van der Waals surface area contributed by atoms with Crippen LogP contribution in [0.1, 0.15) is 28.2 Å². The third-order valence-electron chi connectivity index (χ3n) is 4.54. The highest BCUT2D eigenvalue weighted by molar-refractivity contribution is 5.93. The first-order chi connectivity index (χ1) is 12.3. The fourth-order valence-electron chi connectivity index (χ4n) is 3.22. The Morgan fingerprint density at radius 1 is 1.26 bits per heavy atom. The van der Waals surface area contributed by atoms with Gasteiger partial charge < -0.3 is 10.6 Å². The number of nitrogens with zero attached hydrogens (tertiary/aromatic N) is 4. The van der Waals surface area contributed by atoms with E-state index in [9.17, 15) is 4.79 Å². The number of fused-ring (bicyclic) bond motifs is 1. The van der Waals surface area contributed by atoms with Gasteiger partial charge in [0.05, 0.1) is 12.1 Å². The normalized spacial score (nSPS) is 15.8. The first-order valence-corrected chi connectivity index (χ1v) is 8.51. The minimum absolute atomic E-state index is 0. The van der Waals surface area contributed by atoms with Gasteiger partial charge in [-0.05, 0) is 55.6 Å². The summed E-state index contributed by atoms with van der Waals surface area (Å²) in [4.78, 5) is 16.7. The number of aromatic nitrogens is 4. The Morgan fingerprint density at radius 2 is 2.15 bits per heavy atom. The number of hydrogen-bond donors (Lipinski definition) is 2. The molecule has 0 spiro atoms. The number of carbonyl (C=O) groups is 1. The van der Waals surface area contributed by atoms with E-state index in [2.05, 4.69) is 25.8 Å². The number of pyridine rings is 2. The van der Waals surface area contributed by atoms with E-state index in [0.717, 1.165) is 30.7 Å². The zero-order valence-corrected chi connectivity index (χ0v) is 16.3. The van der Waals surface area contributed by atoms with Gasteiger partial charge >= 0.3 is 0 Å². The number of halogens is 2. The summed E-state index contributed by atoms with van der Waals surface area (Å²) in [7, 11) is 0. The molecule has 3 aromatic heterocycles. The molecule has 4 rings (SSSR count). The molecule has 9 heteroatoms. The van der Waals surface area contributed by atoms with Gasteiger partial charge in [0.25, 0.3) is 5.91 Å². The minimum atomic E-state index is -0.147. The summed E-state index contributed by atoms with van der Waals surface area (Å²) in [6, 6.07) is 7.63. The standard InChI is InChI=1S/C18H20N6O.2ClH/c25-18(21-12-17-23-22-16-3-1-2-6-24(16)17)15-8-14(10-20-11-15)7-13-4-5-19-9-13;;/h1-3,6,8,10-11,13,19H,4-5,7,9,12H2,(H,21,25);2*1H. The maximum atomic E-state index is 12.4. The lowest BCUT2D eigenvalue weighted by atomic mass is 9.99. The van der Waals surface area contributed by atoms with Crippen LogP contribution in [0.2, 0.25) is 0 Å². The van der Waals surface area contributed by atoms with Crippen LogP contribution in [0.4, 0.5) is 0 Å². The molecular formula is C18H22Cl2N6O. The van der Waals surface area contributed by atoms with Gasteiger partial charge in [-0.3, -0.25) is 14.2 Å². The van der Waals surface area contributed by atoms with E-state index in [-0.39, 0.29) is 30.7 Å². The molecule has 0 aliphatic carbocycles. The quantitative estimate of drug-likeness (QED) is 0.674. The van der Waals surface area contributed by atoms with E-state index in [1.165, 1.54) is 6.42 Å². The number of nitrogens with one attached hydrogen (secondary N) is 2. The topological polar surface area (TPSA) is 84.2 Å². The summed E-state index contributed by atoms with van der Waals surface area (Å²) in [6.07, 6.45) is 7.47. The fraction of sp³-hybridized carbons (Fsp3) is 0.333. The molecule has 1 saturated heterocycles. The van der Waals surface area contributed by atoms with Crippen LogP contribution in [-0.4, -0.2) is 38.6 Å². The average Bonchev–Trinajstić information content (AvgIpc) is 3.30. The molecule has 1 atom stereocenters. The molecule has 0 aromatic carbocycles. The number of hydrogen-bond acceptors (Lipinski definition) is 5. The van der Waals surface area contributed by atoms with E-state index in [4.69, 9.17) is 0 Å². The fourth-order valence-corrected chi connectivity index (χ4v) is 3.22. The van der Waals surface area contributed by atoms with Gasteiger partial charge in [-0.1, -0.05) is 6.07 Å². The maximum absolute atomic E-state index is 12.4. The predicted molar refractivity (Wildman–Crippen MR) is 108 cm³/mol. The summed E-state index contributed by atoms with van der Waals surface area (Å²) in [5.74, 6) is 1.18. The van der Waals surface area contributed by atoms with E-state index < -0.39 is 0 Å². The molecule has 0 bridgehead atoms. The molecule has 27 heavy (non-hydrogen) atoms. The van der Waals surface area contributed by atoms with Gasteiger partial charge in [0.2, 0.25) is 0 Å². The Balaban J connectivity index is 0.00000131. The SMILES string of the molecule is Cl.Cl.O=C(NCc1nnc2ccccn12)c1cncc(CC2CCNC2)c1. The molecule has 4 heterocycles. The van der Waals surface area contributed by atoms with Gasteiger partial charge in [0.15, 0.2) is 11.5 Å². The Morgan fingerprint density at radius 3 is 2.96 bits per heavy atom. The van der Waals surface area contributed by atoms with Crippen LogP contribution in [0.15, 0.2) is 42.9 Å². The summed E-state index contributed by atoms with van der Waals surface area (Å²) in [5.41, 5.74) is 2.45. The second-order valence-electron chi connectivity index (χ2n) is 6.37. The van der Waals surface area contributed by atoms with E-state index in [0.29, 0.717) is 23.9 Å². The molecule has 1 fully saturated rings. The summed E-state index contributed by atoms with van der Waals surface area (Å²) < 4.78 is 1.86. The molecule has 7 nitrogen and oxygen atoms in total. The van der Waals surface area contributed by atoms with Crippen LogP contribution in [-0.2, 0) is 13.0 Å². The van der Waals surface area contributed by atoms with Crippen LogP contribution in [0.25, 0.3) is 5.65 Å². The molecule has 1 aliphatic heterocycles. The highest BCUT2D eigenvalue weighted by atomic mass is 35.5. The highest BCUT2D eigenvalue weighted by Gasteiger charge is 2.16. The smallest absolute Gasteiger partial charge is 0.253 e. The minimum Gasteiger partial charge on any atom is -0.345 e. The van der Waals surface area contributed by atoms with E-state index in [1.807, 2.05) is 41.1 Å². The lowest BCUT2D eigenvalue weighted by Gasteiger charge is -2.09. The summed E-state index contributed by atoms with van der Waals surface area (Å²) in [5, 5.41) is 14.5. The average molecular weight is 409 g/mol. The molecule has 1 amide bonds. The zero-order chi connectivity index (χ0) is 17.1. The van der Waals surface area contributed by atoms with Crippen molar-refractivity contribution in [2.75, 3.05) is 13.1 Å². The van der Waals surface area contributed by atoms with E-state index >= 15 is 0 Å². The van der Waals surface area contributed by atoms with Crippen LogP contribution >= 0.6 is 24.8 Å². The molecule has 2 N–H and O–H groups in total. The van der Waals surface area contributed by atoms with Crippen molar-refractivity contribution < 1.29 is 4.79 Å². The first kappa shape index (κ1) is 21.1. The lowest BCUT2D eigenvalue weighted by molar-refractivity contribution is 0.0949. The van der Waals surface area contributed by atoms with Crippen molar-refractivity contribution in [3.8, 4) is 0 Å². The van der Waals surface area contributed by atoms with Crippen molar-refractivity contribution >= 4 is 36.4 Å². The third-order valence-corrected chi connectivity index (χ3v) is 4.54. The molecule has 1 unspecified atom stereocenters. The van der Waals surface area contributed by atoms with Crippen LogP contribution in [0.3, 0.4) is 0 Å². The molecular weight excluding hydrogens is 387 g/mol. The molecule has 1 aliphatic rings. The largest absolute Gasteiger partial charge is 0.345 e. The van der Waals surface area contributed by atoms with Gasteiger partial charge in [0.1, 0.15) is 0 Å². The number of amides is 1. The monoisotopic (exact) mass is 408 g/mol. The Bertz CT molecular complexity index is 894. The summed E-state index contributed by atoms with van der Waals surface area (Å²) in [6.45, 7) is 2.43. The Kier molecular flexibility index (Phi) is 7.53. The van der Waals surface area contributed by atoms with Gasteiger partial charge in [0, 0.05) is 18.6 Å². The van der Waals surface area contributed by atoms with Crippen molar-refractivity contribution in [2.45, 2.75) is 19.4 Å². The first-order valence-electron chi connectivity index (χ1n) is 8.51. The second kappa shape index (κ2) is 9.64. The summed E-state index contributed by atoms with van der Waals surface area (Å²) >= 11 is 0. The number of rotatable bonds is 5. The number of carbonyl (C=O) groups excluding carboxylic acids is 1. The van der Waals surface area contributed by atoms with Crippen molar-refractivity contribution in [1.29, 1.82) is 0 Å². The highest BCUT2D eigenvalue weighted by Crippen LogP contribution is 2.15. The maximum Gasteiger partial charge on any atom is 0.253 e. The predicted octanol–water partition coefficient (Wildman–Crippen LogP) is 2.05. The van der Waals surface area contributed by atoms with Crippen molar-refractivity contribution in [3.05, 3.63) is 59.8 Å². The molecule has 144 valence electrons. The van der Waals surface area contributed by atoms with Crippen molar-refractivity contribution in [1.82, 2.24) is 30.2 Å². The Hall–Kier alpha value is -2.22. The van der Waals surface area contributed by atoms with Gasteiger partial charge in [-0.25, -0.2) is 0 Å². The molecule has 0 saturated carbocycles. The molecule has 3 aromatic rings. The van der Waals surface area contributed by atoms with E-state index in [1.54, 1.807) is 6.20 Å². The zero-order valence-electron chi connectivity index (χ0n) is 14.7. The van der Waals surface area contributed by atoms with Crippen LogP contribution < -0.4 is 10.6 Å². The van der Waals surface area contributed by atoms with Crippen LogP contribution in [0.5, 0.6) is 0 Å². The Labute approximate surface area is 169 Å². The van der Waals surface area contributed by atoms with Gasteiger partial charge in [-0.2, -0.15) is 0 Å².